The van der Waals surface area contributed by atoms with Gasteiger partial charge in [-0.3, -0.25) is 14.9 Å². The van der Waals surface area contributed by atoms with Gasteiger partial charge in [-0.15, -0.1) is 6.58 Å². The first-order chi connectivity index (χ1) is 13.5. The van der Waals surface area contributed by atoms with Crippen LogP contribution in [0.3, 0.4) is 0 Å². The normalized spacial score (nSPS) is 11.0. The third-order valence-corrected chi connectivity index (χ3v) is 4.49. The van der Waals surface area contributed by atoms with E-state index in [1.165, 1.54) is 12.1 Å². The number of non-ortho nitro benzene ring substituents is 1. The predicted molar refractivity (Wildman–Crippen MR) is 109 cm³/mol. The van der Waals surface area contributed by atoms with E-state index in [-0.39, 0.29) is 18.0 Å². The number of para-hydroxylation sites is 1. The fourth-order valence-electron chi connectivity index (χ4n) is 3.11. The van der Waals surface area contributed by atoms with Gasteiger partial charge in [0.2, 0.25) is 5.91 Å². The highest BCUT2D eigenvalue weighted by Gasteiger charge is 2.11. The Hall–Kier alpha value is -3.74. The first kappa shape index (κ1) is 19.0. The van der Waals surface area contributed by atoms with Gasteiger partial charge < -0.3 is 4.57 Å². The molecule has 0 unspecified atom stereocenters. The molecule has 7 nitrogen and oxygen atoms in total. The number of hydrazone groups is 1. The molecule has 1 amide bonds. The SMILES string of the molecule is C=CCn1c(C)c(C=NNC(=O)Cc2ccc([N+](=O)[O-])cc2)c2ccccc21. The molecule has 3 rings (SSSR count). The van der Waals surface area contributed by atoms with Crippen molar-refractivity contribution in [3.8, 4) is 0 Å². The quantitative estimate of drug-likeness (QED) is 0.295. The number of carbonyl (C=O) groups is 1. The van der Waals surface area contributed by atoms with E-state index in [1.54, 1.807) is 18.3 Å². The topological polar surface area (TPSA) is 89.5 Å². The summed E-state index contributed by atoms with van der Waals surface area (Å²) >= 11 is 0. The van der Waals surface area contributed by atoms with Gasteiger partial charge in [-0.25, -0.2) is 5.43 Å². The van der Waals surface area contributed by atoms with Gasteiger partial charge in [0.05, 0.1) is 17.6 Å². The summed E-state index contributed by atoms with van der Waals surface area (Å²) in [6.07, 6.45) is 3.57. The molecule has 0 bridgehead atoms. The van der Waals surface area contributed by atoms with Crippen LogP contribution < -0.4 is 5.43 Å². The van der Waals surface area contributed by atoms with Crippen molar-refractivity contribution in [2.45, 2.75) is 19.9 Å². The molecule has 0 radical (unpaired) electrons. The van der Waals surface area contributed by atoms with Crippen LogP contribution >= 0.6 is 0 Å². The molecule has 28 heavy (non-hydrogen) atoms. The number of nitrogens with zero attached hydrogens (tertiary/aromatic N) is 3. The highest BCUT2D eigenvalue weighted by Crippen LogP contribution is 2.24. The van der Waals surface area contributed by atoms with Gasteiger partial charge in [0, 0.05) is 40.8 Å². The fraction of sp³-hybridized carbons (Fsp3) is 0.143. The number of nitro groups is 1. The number of nitrogens with one attached hydrogen (secondary N) is 1. The maximum absolute atomic E-state index is 12.1. The number of aromatic nitrogens is 1. The van der Waals surface area contributed by atoms with E-state index in [9.17, 15) is 14.9 Å². The van der Waals surface area contributed by atoms with Crippen LogP contribution in [0.2, 0.25) is 0 Å². The second kappa shape index (κ2) is 8.30. The van der Waals surface area contributed by atoms with E-state index in [2.05, 4.69) is 21.7 Å². The van der Waals surface area contributed by atoms with Gasteiger partial charge in [0.1, 0.15) is 0 Å². The summed E-state index contributed by atoms with van der Waals surface area (Å²) in [5.41, 5.74) is 6.25. The Labute approximate surface area is 162 Å². The number of benzene rings is 2. The van der Waals surface area contributed by atoms with Crippen LogP contribution in [0.1, 0.15) is 16.8 Å². The van der Waals surface area contributed by atoms with Gasteiger partial charge in [-0.2, -0.15) is 5.10 Å². The summed E-state index contributed by atoms with van der Waals surface area (Å²) < 4.78 is 2.14. The van der Waals surface area contributed by atoms with E-state index in [0.717, 1.165) is 22.2 Å². The van der Waals surface area contributed by atoms with Crippen molar-refractivity contribution >= 4 is 28.7 Å². The summed E-state index contributed by atoms with van der Waals surface area (Å²) in [4.78, 5) is 22.3. The lowest BCUT2D eigenvalue weighted by molar-refractivity contribution is -0.384. The first-order valence-electron chi connectivity index (χ1n) is 8.75. The second-order valence-electron chi connectivity index (χ2n) is 6.31. The lowest BCUT2D eigenvalue weighted by Gasteiger charge is -2.04. The second-order valence-corrected chi connectivity index (χ2v) is 6.31. The number of nitro benzene ring substituents is 1. The van der Waals surface area contributed by atoms with Crippen molar-refractivity contribution in [3.05, 3.63) is 88.1 Å². The van der Waals surface area contributed by atoms with Crippen LogP contribution in [0.5, 0.6) is 0 Å². The lowest BCUT2D eigenvalue weighted by atomic mass is 10.1. The Morgan fingerprint density at radius 2 is 1.96 bits per heavy atom. The van der Waals surface area contributed by atoms with Gasteiger partial charge in [-0.05, 0) is 18.6 Å². The van der Waals surface area contributed by atoms with Crippen molar-refractivity contribution in [1.82, 2.24) is 9.99 Å². The van der Waals surface area contributed by atoms with E-state index in [0.29, 0.717) is 12.1 Å². The van der Waals surface area contributed by atoms with Gasteiger partial charge in [0.25, 0.3) is 5.69 Å². The van der Waals surface area contributed by atoms with E-state index < -0.39 is 4.92 Å². The zero-order valence-corrected chi connectivity index (χ0v) is 15.5. The molecule has 0 spiro atoms. The summed E-state index contributed by atoms with van der Waals surface area (Å²) in [6, 6.07) is 13.9. The zero-order valence-electron chi connectivity index (χ0n) is 15.5. The molecular formula is C21H20N4O3. The Morgan fingerprint density at radius 3 is 2.64 bits per heavy atom. The maximum atomic E-state index is 12.1. The molecule has 0 fully saturated rings. The van der Waals surface area contributed by atoms with Crippen LogP contribution in [0.15, 0.2) is 66.3 Å². The maximum Gasteiger partial charge on any atom is 0.269 e. The third-order valence-electron chi connectivity index (χ3n) is 4.49. The highest BCUT2D eigenvalue weighted by molar-refractivity contribution is 6.01. The molecule has 3 aromatic rings. The summed E-state index contributed by atoms with van der Waals surface area (Å²) in [7, 11) is 0. The molecule has 0 saturated heterocycles. The minimum atomic E-state index is -0.473. The molecule has 7 heteroatoms. The minimum Gasteiger partial charge on any atom is -0.340 e. The van der Waals surface area contributed by atoms with Crippen molar-refractivity contribution in [3.63, 3.8) is 0 Å². The van der Waals surface area contributed by atoms with E-state index in [1.807, 2.05) is 37.3 Å². The largest absolute Gasteiger partial charge is 0.340 e. The third kappa shape index (κ3) is 3.98. The molecule has 0 saturated carbocycles. The fourth-order valence-corrected chi connectivity index (χ4v) is 3.11. The molecule has 0 atom stereocenters. The monoisotopic (exact) mass is 376 g/mol. The van der Waals surface area contributed by atoms with Crippen molar-refractivity contribution < 1.29 is 9.72 Å². The van der Waals surface area contributed by atoms with E-state index in [4.69, 9.17) is 0 Å². The summed E-state index contributed by atoms with van der Waals surface area (Å²) in [5, 5.41) is 15.8. The van der Waals surface area contributed by atoms with Crippen LogP contribution in [0.4, 0.5) is 5.69 Å². The zero-order chi connectivity index (χ0) is 20.1. The van der Waals surface area contributed by atoms with Crippen molar-refractivity contribution in [2.75, 3.05) is 0 Å². The van der Waals surface area contributed by atoms with Crippen molar-refractivity contribution in [1.29, 1.82) is 0 Å². The number of rotatable bonds is 7. The molecule has 0 aliphatic rings. The molecule has 1 aromatic heterocycles. The van der Waals surface area contributed by atoms with Crippen molar-refractivity contribution in [2.24, 2.45) is 5.10 Å². The number of hydrogen-bond donors (Lipinski definition) is 1. The Morgan fingerprint density at radius 1 is 1.25 bits per heavy atom. The van der Waals surface area contributed by atoms with Crippen LogP contribution in [-0.4, -0.2) is 21.6 Å². The van der Waals surface area contributed by atoms with Gasteiger partial charge >= 0.3 is 0 Å². The molecule has 1 N–H and O–H groups in total. The summed E-state index contributed by atoms with van der Waals surface area (Å²) in [5.74, 6) is -0.294. The van der Waals surface area contributed by atoms with Gasteiger partial charge in [-0.1, -0.05) is 36.4 Å². The Kier molecular flexibility index (Phi) is 5.64. The number of allylic oxidation sites excluding steroid dienone is 1. The molecule has 0 aliphatic carbocycles. The molecule has 1 heterocycles. The first-order valence-corrected chi connectivity index (χ1v) is 8.75. The standard InChI is InChI=1S/C21H20N4O3/c1-3-12-24-15(2)19(18-6-4-5-7-20(18)24)14-22-23-21(26)13-16-8-10-17(11-9-16)25(27)28/h3-11,14H,1,12-13H2,2H3,(H,23,26). The van der Waals surface area contributed by atoms with Crippen LogP contribution in [-0.2, 0) is 17.8 Å². The van der Waals surface area contributed by atoms with Crippen LogP contribution in [0, 0.1) is 17.0 Å². The molecular weight excluding hydrogens is 356 g/mol. The minimum absolute atomic E-state index is 0.00596. The highest BCUT2D eigenvalue weighted by atomic mass is 16.6. The molecule has 2 aromatic carbocycles. The number of hydrogen-bond acceptors (Lipinski definition) is 4. The Bertz CT molecular complexity index is 1070. The average molecular weight is 376 g/mol. The molecule has 0 aliphatic heterocycles. The van der Waals surface area contributed by atoms with Gasteiger partial charge in [0.15, 0.2) is 0 Å². The summed E-state index contributed by atoms with van der Waals surface area (Å²) in [6.45, 7) is 6.50. The van der Waals surface area contributed by atoms with Crippen LogP contribution in [0.25, 0.3) is 10.9 Å². The lowest BCUT2D eigenvalue weighted by Crippen LogP contribution is -2.19. The Balaban J connectivity index is 1.72. The predicted octanol–water partition coefficient (Wildman–Crippen LogP) is 3.74. The number of fused-ring (bicyclic) bond motifs is 1. The average Bonchev–Trinajstić information content (AvgIpc) is 2.95. The smallest absolute Gasteiger partial charge is 0.269 e. The van der Waals surface area contributed by atoms with E-state index >= 15 is 0 Å². The number of amides is 1. The number of carbonyl (C=O) groups excluding carboxylic acids is 1. The molecule has 142 valence electrons.